The molecule has 3 aromatic rings. The van der Waals surface area contributed by atoms with E-state index in [9.17, 15) is 14.4 Å². The van der Waals surface area contributed by atoms with Crippen LogP contribution in [0.3, 0.4) is 0 Å². The third-order valence-corrected chi connectivity index (χ3v) is 4.94. The molecule has 0 saturated carbocycles. The van der Waals surface area contributed by atoms with Gasteiger partial charge in [-0.1, -0.05) is 60.7 Å². The summed E-state index contributed by atoms with van der Waals surface area (Å²) in [6.07, 6.45) is 0.0885. The number of Topliss-reactive ketones (excluding diaryl/α,β-unsaturated/α-hetero) is 1. The first kappa shape index (κ1) is 17.9. The number of fused-ring (bicyclic) bond motifs is 1. The average Bonchev–Trinajstić information content (AvgIpc) is 3.13. The van der Waals surface area contributed by atoms with Crippen LogP contribution >= 0.6 is 0 Å². The molecule has 4 rings (SSSR count). The largest absolute Gasteiger partial charge is 0.457 e. The molecule has 0 spiro atoms. The maximum Gasteiger partial charge on any atom is 0.311 e. The van der Waals surface area contributed by atoms with Crippen LogP contribution in [0.15, 0.2) is 72.8 Å². The molecule has 1 atom stereocenters. The van der Waals surface area contributed by atoms with Gasteiger partial charge in [-0.3, -0.25) is 14.4 Å². The summed E-state index contributed by atoms with van der Waals surface area (Å²) in [4.78, 5) is 38.5. The maximum absolute atomic E-state index is 12.4. The van der Waals surface area contributed by atoms with Gasteiger partial charge in [-0.2, -0.15) is 0 Å². The fraction of sp³-hybridized carbons (Fsp3) is 0.174. The number of nitrogens with zero attached hydrogens (tertiary/aromatic N) is 1. The fourth-order valence-corrected chi connectivity index (χ4v) is 3.42. The molecule has 5 nitrogen and oxygen atoms in total. The van der Waals surface area contributed by atoms with Gasteiger partial charge in [0.1, 0.15) is 0 Å². The Morgan fingerprint density at radius 1 is 0.929 bits per heavy atom. The number of benzene rings is 3. The Kier molecular flexibility index (Phi) is 4.89. The summed E-state index contributed by atoms with van der Waals surface area (Å²) in [7, 11) is 0. The normalized spacial score (nSPS) is 16.4. The highest BCUT2D eigenvalue weighted by Gasteiger charge is 2.36. The smallest absolute Gasteiger partial charge is 0.311 e. The first-order valence-electron chi connectivity index (χ1n) is 9.16. The summed E-state index contributed by atoms with van der Waals surface area (Å²) < 4.78 is 5.18. The van der Waals surface area contributed by atoms with E-state index in [4.69, 9.17) is 4.74 Å². The van der Waals surface area contributed by atoms with E-state index in [1.165, 1.54) is 0 Å². The van der Waals surface area contributed by atoms with E-state index in [-0.39, 0.29) is 31.3 Å². The Bertz CT molecular complexity index is 1040. The third kappa shape index (κ3) is 3.64. The molecule has 0 N–H and O–H groups in total. The molecule has 0 aromatic heterocycles. The minimum Gasteiger partial charge on any atom is -0.457 e. The lowest BCUT2D eigenvalue weighted by atomic mass is 10.1. The van der Waals surface area contributed by atoms with Gasteiger partial charge in [0.05, 0.1) is 5.92 Å². The van der Waals surface area contributed by atoms with Crippen molar-refractivity contribution < 1.29 is 19.1 Å². The summed E-state index contributed by atoms with van der Waals surface area (Å²) in [5.41, 5.74) is 1.26. The van der Waals surface area contributed by atoms with Crippen molar-refractivity contribution in [3.8, 4) is 0 Å². The van der Waals surface area contributed by atoms with Crippen LogP contribution in [0.5, 0.6) is 0 Å². The van der Waals surface area contributed by atoms with E-state index >= 15 is 0 Å². The minimum atomic E-state index is -0.567. The molecule has 5 heteroatoms. The molecule has 1 saturated heterocycles. The van der Waals surface area contributed by atoms with Gasteiger partial charge < -0.3 is 9.64 Å². The van der Waals surface area contributed by atoms with Crippen molar-refractivity contribution >= 4 is 34.1 Å². The van der Waals surface area contributed by atoms with E-state index in [0.717, 1.165) is 16.5 Å². The Balaban J connectivity index is 1.40. The first-order valence-corrected chi connectivity index (χ1v) is 9.16. The molecule has 1 heterocycles. The number of amides is 1. The zero-order chi connectivity index (χ0) is 19.5. The molecule has 0 bridgehead atoms. The van der Waals surface area contributed by atoms with Crippen LogP contribution in [-0.4, -0.2) is 30.8 Å². The Labute approximate surface area is 162 Å². The van der Waals surface area contributed by atoms with Crippen molar-refractivity contribution in [2.45, 2.75) is 6.42 Å². The molecular formula is C23H19NO4. The molecule has 1 fully saturated rings. The Morgan fingerprint density at radius 3 is 2.43 bits per heavy atom. The summed E-state index contributed by atoms with van der Waals surface area (Å²) in [6, 6.07) is 22.4. The number of ketones is 1. The average molecular weight is 373 g/mol. The second-order valence-corrected chi connectivity index (χ2v) is 6.83. The highest BCUT2D eigenvalue weighted by atomic mass is 16.5. The monoisotopic (exact) mass is 373 g/mol. The van der Waals surface area contributed by atoms with E-state index in [2.05, 4.69) is 0 Å². The topological polar surface area (TPSA) is 63.7 Å². The molecule has 1 aliphatic rings. The molecule has 1 aliphatic heterocycles. The van der Waals surface area contributed by atoms with Gasteiger partial charge in [-0.25, -0.2) is 0 Å². The van der Waals surface area contributed by atoms with Crippen LogP contribution in [0.4, 0.5) is 5.69 Å². The number of hydrogen-bond donors (Lipinski definition) is 0. The van der Waals surface area contributed by atoms with E-state index in [1.54, 1.807) is 29.2 Å². The molecule has 0 aliphatic carbocycles. The van der Waals surface area contributed by atoms with Crippen LogP contribution in [0.25, 0.3) is 10.8 Å². The number of ether oxygens (including phenoxy) is 1. The standard InChI is InChI=1S/C23H19NO4/c25-21(17-7-2-1-3-8-17)15-28-23(27)19-13-22(26)24(14-19)20-11-10-16-6-4-5-9-18(16)12-20/h1-12,19H,13-15H2/t19-/m0/s1. The highest BCUT2D eigenvalue weighted by molar-refractivity contribution is 6.02. The van der Waals surface area contributed by atoms with Gasteiger partial charge in [-0.15, -0.1) is 0 Å². The van der Waals surface area contributed by atoms with E-state index in [0.29, 0.717) is 5.56 Å². The second-order valence-electron chi connectivity index (χ2n) is 6.83. The van der Waals surface area contributed by atoms with E-state index < -0.39 is 11.9 Å². The number of hydrogen-bond acceptors (Lipinski definition) is 4. The van der Waals surface area contributed by atoms with Crippen molar-refractivity contribution in [2.24, 2.45) is 5.92 Å². The van der Waals surface area contributed by atoms with Crippen LogP contribution in [0, 0.1) is 5.92 Å². The van der Waals surface area contributed by atoms with Gasteiger partial charge in [0, 0.05) is 24.2 Å². The Hall–Kier alpha value is -3.47. The molecule has 28 heavy (non-hydrogen) atoms. The van der Waals surface area contributed by atoms with Crippen molar-refractivity contribution in [1.29, 1.82) is 0 Å². The zero-order valence-corrected chi connectivity index (χ0v) is 15.2. The predicted octanol–water partition coefficient (Wildman–Crippen LogP) is 3.62. The molecule has 0 radical (unpaired) electrons. The van der Waals surface area contributed by atoms with Crippen molar-refractivity contribution in [3.05, 3.63) is 78.4 Å². The van der Waals surface area contributed by atoms with Gasteiger partial charge >= 0.3 is 5.97 Å². The predicted molar refractivity (Wildman–Crippen MR) is 106 cm³/mol. The lowest BCUT2D eigenvalue weighted by Gasteiger charge is -2.17. The quantitative estimate of drug-likeness (QED) is 0.506. The SMILES string of the molecule is O=C(COC(=O)[C@H]1CC(=O)N(c2ccc3ccccc3c2)C1)c1ccccc1. The maximum atomic E-state index is 12.4. The molecule has 3 aromatic carbocycles. The molecular weight excluding hydrogens is 354 g/mol. The lowest BCUT2D eigenvalue weighted by molar-refractivity contribution is -0.147. The van der Waals surface area contributed by atoms with Gasteiger partial charge in [0.2, 0.25) is 5.91 Å². The van der Waals surface area contributed by atoms with Gasteiger partial charge in [-0.05, 0) is 22.9 Å². The van der Waals surface area contributed by atoms with Crippen molar-refractivity contribution in [1.82, 2.24) is 0 Å². The fourth-order valence-electron chi connectivity index (χ4n) is 3.42. The van der Waals surface area contributed by atoms with Gasteiger partial charge in [0.25, 0.3) is 0 Å². The number of carbonyl (C=O) groups is 3. The third-order valence-electron chi connectivity index (χ3n) is 4.94. The van der Waals surface area contributed by atoms with E-state index in [1.807, 2.05) is 48.5 Å². The highest BCUT2D eigenvalue weighted by Crippen LogP contribution is 2.28. The number of rotatable bonds is 5. The second kappa shape index (κ2) is 7.64. The summed E-state index contributed by atoms with van der Waals surface area (Å²) >= 11 is 0. The van der Waals surface area contributed by atoms with Crippen LogP contribution < -0.4 is 4.90 Å². The van der Waals surface area contributed by atoms with Crippen LogP contribution in [0.1, 0.15) is 16.8 Å². The van der Waals surface area contributed by atoms with Crippen molar-refractivity contribution in [3.63, 3.8) is 0 Å². The number of carbonyl (C=O) groups excluding carboxylic acids is 3. The summed E-state index contributed by atoms with van der Waals surface area (Å²) in [5.74, 6) is -1.46. The van der Waals surface area contributed by atoms with Crippen molar-refractivity contribution in [2.75, 3.05) is 18.1 Å². The van der Waals surface area contributed by atoms with Crippen LogP contribution in [-0.2, 0) is 14.3 Å². The summed E-state index contributed by atoms with van der Waals surface area (Å²) in [6.45, 7) is -0.0565. The van der Waals surface area contributed by atoms with Gasteiger partial charge in [0.15, 0.2) is 12.4 Å². The Morgan fingerprint density at radius 2 is 1.64 bits per heavy atom. The molecule has 140 valence electrons. The zero-order valence-electron chi connectivity index (χ0n) is 15.2. The lowest BCUT2D eigenvalue weighted by Crippen LogP contribution is -2.27. The summed E-state index contributed by atoms with van der Waals surface area (Å²) in [5, 5.41) is 2.13. The minimum absolute atomic E-state index is 0.0885. The first-order chi connectivity index (χ1) is 13.6. The van der Waals surface area contributed by atoms with Crippen LogP contribution in [0.2, 0.25) is 0 Å². The number of anilines is 1. The molecule has 1 amide bonds. The number of esters is 1. The molecule has 0 unspecified atom stereocenters.